The molecule has 3 rings (SSSR count). The van der Waals surface area contributed by atoms with Crippen LogP contribution in [0.3, 0.4) is 0 Å². The zero-order valence-corrected chi connectivity index (χ0v) is 11.8. The smallest absolute Gasteiger partial charge is 0.225 e. The van der Waals surface area contributed by atoms with Gasteiger partial charge in [-0.05, 0) is 30.9 Å². The number of likely N-dealkylation sites (tertiary alicyclic amines) is 1. The fraction of sp³-hybridized carbons (Fsp3) is 0.533. The summed E-state index contributed by atoms with van der Waals surface area (Å²) < 4.78 is 0. The Morgan fingerprint density at radius 2 is 1.89 bits per heavy atom. The number of nitrogens with two attached hydrogens (primary N) is 1. The first kappa shape index (κ1) is 14.4. The zero-order chi connectivity index (χ0) is 12.5. The molecular formula is C15H21ClN2O. The second kappa shape index (κ2) is 5.93. The Hall–Kier alpha value is -1.06. The molecule has 1 aliphatic carbocycles. The molecule has 1 aromatic carbocycles. The number of carbonyl (C=O) groups is 1. The third kappa shape index (κ3) is 2.93. The fourth-order valence-electron chi connectivity index (χ4n) is 2.96. The number of nitrogens with zero attached hydrogens (tertiary/aromatic N) is 1. The molecule has 2 N–H and O–H groups in total. The normalized spacial score (nSPS) is 26.1. The molecule has 2 aliphatic rings. The minimum Gasteiger partial charge on any atom is -0.341 e. The number of carbonyl (C=O) groups excluding carboxylic acids is 1. The van der Waals surface area contributed by atoms with Crippen molar-refractivity contribution in [1.82, 2.24) is 4.90 Å². The molecule has 1 amide bonds. The minimum absolute atomic E-state index is 0. The van der Waals surface area contributed by atoms with Crippen molar-refractivity contribution in [3.63, 3.8) is 0 Å². The van der Waals surface area contributed by atoms with E-state index in [0.29, 0.717) is 30.2 Å². The first-order valence-electron chi connectivity index (χ1n) is 6.83. The van der Waals surface area contributed by atoms with Crippen molar-refractivity contribution >= 4 is 18.3 Å². The van der Waals surface area contributed by atoms with E-state index in [2.05, 4.69) is 24.3 Å². The van der Waals surface area contributed by atoms with Gasteiger partial charge >= 0.3 is 0 Å². The molecule has 19 heavy (non-hydrogen) atoms. The maximum absolute atomic E-state index is 12.1. The van der Waals surface area contributed by atoms with E-state index >= 15 is 0 Å². The van der Waals surface area contributed by atoms with Gasteiger partial charge in [0.2, 0.25) is 5.91 Å². The van der Waals surface area contributed by atoms with E-state index in [1.807, 2.05) is 11.0 Å². The van der Waals surface area contributed by atoms with Crippen LogP contribution in [-0.4, -0.2) is 30.4 Å². The van der Waals surface area contributed by atoms with E-state index in [-0.39, 0.29) is 12.4 Å². The summed E-state index contributed by atoms with van der Waals surface area (Å²) in [5.74, 6) is 1.50. The molecule has 0 bridgehead atoms. The molecule has 104 valence electrons. The standard InChI is InChI=1S/C15H20N2O.ClH/c16-8-13-9-17(15(18)12-6-7-12)10-14(13)11-4-2-1-3-5-11;/h1-5,12-14H,6-10,16H2;1H/t13-,14+;/m1./s1. The van der Waals surface area contributed by atoms with Crippen LogP contribution in [0.5, 0.6) is 0 Å². The number of hydrogen-bond acceptors (Lipinski definition) is 2. The van der Waals surface area contributed by atoms with E-state index in [4.69, 9.17) is 5.73 Å². The molecule has 0 radical (unpaired) electrons. The topological polar surface area (TPSA) is 46.3 Å². The van der Waals surface area contributed by atoms with Crippen LogP contribution >= 0.6 is 12.4 Å². The van der Waals surface area contributed by atoms with Gasteiger partial charge in [-0.3, -0.25) is 4.79 Å². The maximum atomic E-state index is 12.1. The summed E-state index contributed by atoms with van der Waals surface area (Å²) in [7, 11) is 0. The molecule has 0 aromatic heterocycles. The summed E-state index contributed by atoms with van der Waals surface area (Å²) in [5.41, 5.74) is 7.20. The molecule has 2 fully saturated rings. The van der Waals surface area contributed by atoms with Crippen molar-refractivity contribution in [2.45, 2.75) is 18.8 Å². The predicted molar refractivity (Wildman–Crippen MR) is 78.3 cm³/mol. The summed E-state index contributed by atoms with van der Waals surface area (Å²) in [4.78, 5) is 14.2. The van der Waals surface area contributed by atoms with Gasteiger partial charge in [0.05, 0.1) is 0 Å². The molecule has 2 atom stereocenters. The lowest BCUT2D eigenvalue weighted by Crippen LogP contribution is -2.30. The van der Waals surface area contributed by atoms with Crippen molar-refractivity contribution in [2.75, 3.05) is 19.6 Å². The van der Waals surface area contributed by atoms with Crippen molar-refractivity contribution in [3.05, 3.63) is 35.9 Å². The highest BCUT2D eigenvalue weighted by molar-refractivity contribution is 5.85. The highest BCUT2D eigenvalue weighted by Gasteiger charge is 2.40. The largest absolute Gasteiger partial charge is 0.341 e. The van der Waals surface area contributed by atoms with Crippen LogP contribution in [-0.2, 0) is 4.79 Å². The molecule has 1 saturated heterocycles. The molecule has 1 heterocycles. The lowest BCUT2D eigenvalue weighted by Gasteiger charge is -2.16. The van der Waals surface area contributed by atoms with Crippen molar-refractivity contribution in [1.29, 1.82) is 0 Å². The van der Waals surface area contributed by atoms with Crippen LogP contribution in [0.4, 0.5) is 0 Å². The van der Waals surface area contributed by atoms with Crippen molar-refractivity contribution in [2.24, 2.45) is 17.6 Å². The lowest BCUT2D eigenvalue weighted by molar-refractivity contribution is -0.131. The van der Waals surface area contributed by atoms with Gasteiger partial charge in [0.1, 0.15) is 0 Å². The molecular weight excluding hydrogens is 260 g/mol. The Bertz CT molecular complexity index is 433. The third-order valence-corrected chi connectivity index (χ3v) is 4.21. The quantitative estimate of drug-likeness (QED) is 0.921. The molecule has 1 saturated carbocycles. The SMILES string of the molecule is Cl.NC[C@@H]1CN(C(=O)C2CC2)C[C@H]1c1ccccc1. The highest BCUT2D eigenvalue weighted by Crippen LogP contribution is 2.37. The Balaban J connectivity index is 0.00000133. The van der Waals surface area contributed by atoms with Gasteiger partial charge in [-0.1, -0.05) is 30.3 Å². The number of amides is 1. The third-order valence-electron chi connectivity index (χ3n) is 4.21. The lowest BCUT2D eigenvalue weighted by atomic mass is 9.89. The summed E-state index contributed by atoms with van der Waals surface area (Å²) in [6, 6.07) is 10.5. The Labute approximate surface area is 120 Å². The summed E-state index contributed by atoms with van der Waals surface area (Å²) in [6.45, 7) is 2.35. The Kier molecular flexibility index (Phi) is 4.48. The predicted octanol–water partition coefficient (Wildman–Crippen LogP) is 2.02. The van der Waals surface area contributed by atoms with Crippen LogP contribution in [0.2, 0.25) is 0 Å². The van der Waals surface area contributed by atoms with Gasteiger partial charge in [0.15, 0.2) is 0 Å². The van der Waals surface area contributed by atoms with Gasteiger partial charge in [0, 0.05) is 24.9 Å². The van der Waals surface area contributed by atoms with E-state index < -0.39 is 0 Å². The van der Waals surface area contributed by atoms with Crippen LogP contribution in [0.15, 0.2) is 30.3 Å². The minimum atomic E-state index is 0. The molecule has 4 heteroatoms. The number of rotatable bonds is 3. The van der Waals surface area contributed by atoms with E-state index in [0.717, 1.165) is 25.9 Å². The monoisotopic (exact) mass is 280 g/mol. The number of benzene rings is 1. The van der Waals surface area contributed by atoms with Gasteiger partial charge in [0.25, 0.3) is 0 Å². The average Bonchev–Trinajstić information content (AvgIpc) is 3.17. The van der Waals surface area contributed by atoms with E-state index in [9.17, 15) is 4.79 Å². The molecule has 3 nitrogen and oxygen atoms in total. The number of halogens is 1. The van der Waals surface area contributed by atoms with Gasteiger partial charge in [-0.25, -0.2) is 0 Å². The van der Waals surface area contributed by atoms with E-state index in [1.54, 1.807) is 0 Å². The van der Waals surface area contributed by atoms with Crippen molar-refractivity contribution in [3.8, 4) is 0 Å². The highest BCUT2D eigenvalue weighted by atomic mass is 35.5. The zero-order valence-electron chi connectivity index (χ0n) is 11.0. The van der Waals surface area contributed by atoms with Crippen LogP contribution in [0, 0.1) is 11.8 Å². The molecule has 1 aromatic rings. The van der Waals surface area contributed by atoms with Crippen LogP contribution < -0.4 is 5.73 Å². The summed E-state index contributed by atoms with van der Waals surface area (Å²) >= 11 is 0. The first-order chi connectivity index (χ1) is 8.79. The summed E-state index contributed by atoms with van der Waals surface area (Å²) in [5, 5.41) is 0. The first-order valence-corrected chi connectivity index (χ1v) is 6.83. The van der Waals surface area contributed by atoms with Crippen molar-refractivity contribution < 1.29 is 4.79 Å². The van der Waals surface area contributed by atoms with Gasteiger partial charge < -0.3 is 10.6 Å². The Morgan fingerprint density at radius 3 is 2.47 bits per heavy atom. The maximum Gasteiger partial charge on any atom is 0.225 e. The average molecular weight is 281 g/mol. The van der Waals surface area contributed by atoms with Gasteiger partial charge in [-0.2, -0.15) is 0 Å². The Morgan fingerprint density at radius 1 is 1.21 bits per heavy atom. The fourth-order valence-corrected chi connectivity index (χ4v) is 2.96. The second-order valence-corrected chi connectivity index (χ2v) is 5.53. The number of hydrogen-bond donors (Lipinski definition) is 1. The molecule has 0 unspecified atom stereocenters. The molecule has 0 spiro atoms. The van der Waals surface area contributed by atoms with E-state index in [1.165, 1.54) is 5.56 Å². The van der Waals surface area contributed by atoms with Gasteiger partial charge in [-0.15, -0.1) is 12.4 Å². The summed E-state index contributed by atoms with van der Waals surface area (Å²) in [6.07, 6.45) is 2.16. The van der Waals surface area contributed by atoms with Crippen LogP contribution in [0.1, 0.15) is 24.3 Å². The van der Waals surface area contributed by atoms with Crippen LogP contribution in [0.25, 0.3) is 0 Å². The molecule has 1 aliphatic heterocycles. The second-order valence-electron chi connectivity index (χ2n) is 5.53.